The highest BCUT2D eigenvalue weighted by Crippen LogP contribution is 2.20. The first kappa shape index (κ1) is 11.6. The Morgan fingerprint density at radius 1 is 1.47 bits per heavy atom. The van der Waals surface area contributed by atoms with E-state index in [1.807, 2.05) is 18.2 Å². The molecule has 0 atom stereocenters. The highest BCUT2D eigenvalue weighted by molar-refractivity contribution is 5.73. The average molecular weight is 207 g/mol. The van der Waals surface area contributed by atoms with Gasteiger partial charge in [-0.2, -0.15) is 0 Å². The summed E-state index contributed by atoms with van der Waals surface area (Å²) in [5, 5.41) is 8.68. The first-order valence-electron chi connectivity index (χ1n) is 5.03. The van der Waals surface area contributed by atoms with Crippen LogP contribution in [-0.4, -0.2) is 24.7 Å². The van der Waals surface area contributed by atoms with Gasteiger partial charge in [0.25, 0.3) is 0 Å². The summed E-state index contributed by atoms with van der Waals surface area (Å²) in [6.07, 6.45) is 0. The van der Waals surface area contributed by atoms with E-state index in [0.717, 1.165) is 5.69 Å². The molecule has 0 radical (unpaired) electrons. The number of carboxylic acid groups (broad SMARTS) is 1. The Morgan fingerprint density at radius 2 is 2.13 bits per heavy atom. The molecule has 0 aliphatic rings. The molecule has 0 aromatic heterocycles. The first-order chi connectivity index (χ1) is 7.00. The lowest BCUT2D eigenvalue weighted by atomic mass is 10.0. The van der Waals surface area contributed by atoms with E-state index in [9.17, 15) is 4.79 Å². The lowest BCUT2D eigenvalue weighted by Gasteiger charge is -2.18. The number of likely N-dealkylation sites (N-methyl/N-ethyl adjacent to an activating group) is 1. The number of benzene rings is 1. The van der Waals surface area contributed by atoms with Crippen LogP contribution in [0.1, 0.15) is 25.3 Å². The Kier molecular flexibility index (Phi) is 3.72. The molecule has 3 nitrogen and oxygen atoms in total. The highest BCUT2D eigenvalue weighted by Gasteiger charge is 2.07. The monoisotopic (exact) mass is 207 g/mol. The van der Waals surface area contributed by atoms with Crippen molar-refractivity contribution < 1.29 is 9.90 Å². The molecule has 1 aromatic carbocycles. The predicted octanol–water partition coefficient (Wildman–Crippen LogP) is 2.33. The van der Waals surface area contributed by atoms with Crippen LogP contribution in [0.3, 0.4) is 0 Å². The van der Waals surface area contributed by atoms with E-state index in [0.29, 0.717) is 5.92 Å². The quantitative estimate of drug-likeness (QED) is 0.823. The van der Waals surface area contributed by atoms with Gasteiger partial charge < -0.3 is 10.0 Å². The summed E-state index contributed by atoms with van der Waals surface area (Å²) in [7, 11) is 1.79. The van der Waals surface area contributed by atoms with Crippen molar-refractivity contribution in [2.24, 2.45) is 0 Å². The molecule has 1 rings (SSSR count). The standard InChI is InChI=1S/C12H17NO2/c1-9(2)10-5-4-6-11(7-10)13(3)8-12(14)15/h4-7,9H,8H2,1-3H3,(H,14,15). The van der Waals surface area contributed by atoms with Crippen LogP contribution < -0.4 is 4.90 Å². The third kappa shape index (κ3) is 3.27. The molecule has 0 amide bonds. The zero-order chi connectivity index (χ0) is 11.4. The van der Waals surface area contributed by atoms with E-state index in [2.05, 4.69) is 19.9 Å². The summed E-state index contributed by atoms with van der Waals surface area (Å²) in [4.78, 5) is 12.3. The number of rotatable bonds is 4. The molecule has 1 N–H and O–H groups in total. The van der Waals surface area contributed by atoms with Gasteiger partial charge in [0.2, 0.25) is 0 Å². The van der Waals surface area contributed by atoms with Crippen LogP contribution in [0.2, 0.25) is 0 Å². The molecule has 0 aliphatic carbocycles. The minimum Gasteiger partial charge on any atom is -0.480 e. The summed E-state index contributed by atoms with van der Waals surface area (Å²) in [6, 6.07) is 7.98. The van der Waals surface area contributed by atoms with Gasteiger partial charge in [0.05, 0.1) is 0 Å². The third-order valence-corrected chi connectivity index (χ3v) is 2.35. The SMILES string of the molecule is CC(C)c1cccc(N(C)CC(=O)O)c1. The summed E-state index contributed by atoms with van der Waals surface area (Å²) >= 11 is 0. The third-order valence-electron chi connectivity index (χ3n) is 2.35. The second-order valence-electron chi connectivity index (χ2n) is 4.00. The molecule has 1 aromatic rings. The lowest BCUT2D eigenvalue weighted by molar-refractivity contribution is -0.135. The van der Waals surface area contributed by atoms with Crippen LogP contribution in [-0.2, 0) is 4.79 Å². The maximum absolute atomic E-state index is 10.6. The Morgan fingerprint density at radius 3 is 2.67 bits per heavy atom. The zero-order valence-corrected chi connectivity index (χ0v) is 9.40. The van der Waals surface area contributed by atoms with Gasteiger partial charge in [0, 0.05) is 12.7 Å². The average Bonchev–Trinajstić information content (AvgIpc) is 2.17. The van der Waals surface area contributed by atoms with Crippen molar-refractivity contribution in [3.8, 4) is 0 Å². The summed E-state index contributed by atoms with van der Waals surface area (Å²) < 4.78 is 0. The highest BCUT2D eigenvalue weighted by atomic mass is 16.4. The zero-order valence-electron chi connectivity index (χ0n) is 9.40. The van der Waals surface area contributed by atoms with Crippen molar-refractivity contribution in [3.63, 3.8) is 0 Å². The van der Waals surface area contributed by atoms with Crippen molar-refractivity contribution in [1.29, 1.82) is 0 Å². The molecule has 0 bridgehead atoms. The number of nitrogens with zero attached hydrogens (tertiary/aromatic N) is 1. The number of anilines is 1. The second kappa shape index (κ2) is 4.82. The number of carboxylic acids is 1. The van der Waals surface area contributed by atoms with E-state index in [1.54, 1.807) is 11.9 Å². The summed E-state index contributed by atoms with van der Waals surface area (Å²) in [5.41, 5.74) is 2.17. The van der Waals surface area contributed by atoms with Gasteiger partial charge in [0.1, 0.15) is 6.54 Å². The van der Waals surface area contributed by atoms with Crippen LogP contribution in [0.25, 0.3) is 0 Å². The molecule has 0 aliphatic heterocycles. The molecule has 82 valence electrons. The fraction of sp³-hybridized carbons (Fsp3) is 0.417. The van der Waals surface area contributed by atoms with Crippen LogP contribution in [0.15, 0.2) is 24.3 Å². The molecule has 0 heterocycles. The molecule has 0 saturated heterocycles. The van der Waals surface area contributed by atoms with Crippen molar-refractivity contribution in [1.82, 2.24) is 0 Å². The molecule has 0 unspecified atom stereocenters. The lowest BCUT2D eigenvalue weighted by Crippen LogP contribution is -2.25. The van der Waals surface area contributed by atoms with Crippen molar-refractivity contribution in [2.45, 2.75) is 19.8 Å². The molecule has 3 heteroatoms. The van der Waals surface area contributed by atoms with E-state index in [1.165, 1.54) is 5.56 Å². The van der Waals surface area contributed by atoms with Gasteiger partial charge in [0.15, 0.2) is 0 Å². The summed E-state index contributed by atoms with van der Waals surface area (Å²) in [5.74, 6) is -0.351. The van der Waals surface area contributed by atoms with Crippen molar-refractivity contribution in [2.75, 3.05) is 18.5 Å². The largest absolute Gasteiger partial charge is 0.480 e. The minimum absolute atomic E-state index is 0.0293. The Labute approximate surface area is 90.3 Å². The maximum atomic E-state index is 10.6. The molecule has 0 fully saturated rings. The van der Waals surface area contributed by atoms with E-state index >= 15 is 0 Å². The van der Waals surface area contributed by atoms with E-state index < -0.39 is 5.97 Å². The first-order valence-corrected chi connectivity index (χ1v) is 5.03. The molecular weight excluding hydrogens is 190 g/mol. The Hall–Kier alpha value is -1.51. The molecule has 0 saturated carbocycles. The number of carbonyl (C=O) groups is 1. The fourth-order valence-corrected chi connectivity index (χ4v) is 1.42. The number of hydrogen-bond acceptors (Lipinski definition) is 2. The molecule has 0 spiro atoms. The topological polar surface area (TPSA) is 40.5 Å². The Balaban J connectivity index is 2.85. The van der Waals surface area contributed by atoms with Gasteiger partial charge in [-0.1, -0.05) is 26.0 Å². The fourth-order valence-electron chi connectivity index (χ4n) is 1.42. The van der Waals surface area contributed by atoms with E-state index in [-0.39, 0.29) is 6.54 Å². The summed E-state index contributed by atoms with van der Waals surface area (Å²) in [6.45, 7) is 4.27. The molecule has 15 heavy (non-hydrogen) atoms. The van der Waals surface area contributed by atoms with Gasteiger partial charge in [-0.3, -0.25) is 4.79 Å². The van der Waals surface area contributed by atoms with Crippen LogP contribution in [0.5, 0.6) is 0 Å². The number of hydrogen-bond donors (Lipinski definition) is 1. The van der Waals surface area contributed by atoms with E-state index in [4.69, 9.17) is 5.11 Å². The van der Waals surface area contributed by atoms with Gasteiger partial charge in [-0.05, 0) is 23.6 Å². The maximum Gasteiger partial charge on any atom is 0.323 e. The van der Waals surface area contributed by atoms with Crippen LogP contribution in [0, 0.1) is 0 Å². The predicted molar refractivity (Wildman–Crippen MR) is 61.4 cm³/mol. The smallest absolute Gasteiger partial charge is 0.323 e. The van der Waals surface area contributed by atoms with Gasteiger partial charge >= 0.3 is 5.97 Å². The minimum atomic E-state index is -0.813. The van der Waals surface area contributed by atoms with Crippen LogP contribution >= 0.6 is 0 Å². The molecular formula is C12H17NO2. The van der Waals surface area contributed by atoms with Gasteiger partial charge in [-0.25, -0.2) is 0 Å². The second-order valence-corrected chi connectivity index (χ2v) is 4.00. The van der Waals surface area contributed by atoms with Gasteiger partial charge in [-0.15, -0.1) is 0 Å². The number of aliphatic carboxylic acids is 1. The van der Waals surface area contributed by atoms with Crippen LogP contribution in [0.4, 0.5) is 5.69 Å². The normalized spacial score (nSPS) is 10.4. The van der Waals surface area contributed by atoms with Crippen molar-refractivity contribution in [3.05, 3.63) is 29.8 Å². The van der Waals surface area contributed by atoms with Crippen molar-refractivity contribution >= 4 is 11.7 Å². The Bertz CT molecular complexity index is 347.